The molecule has 1 N–H and O–H groups in total. The van der Waals surface area contributed by atoms with Crippen LogP contribution in [0.5, 0.6) is 6.01 Å². The largest absolute Gasteiger partial charge is 0.467 e. The number of hydrogen-bond acceptors (Lipinski definition) is 8. The first-order chi connectivity index (χ1) is 10.7. The number of rotatable bonds is 5. The normalized spacial score (nSPS) is 21.0. The lowest BCUT2D eigenvalue weighted by Gasteiger charge is -2.16. The number of aromatic nitrogens is 4. The van der Waals surface area contributed by atoms with Crippen LogP contribution in [0.3, 0.4) is 0 Å². The predicted molar refractivity (Wildman–Crippen MR) is 77.9 cm³/mol. The van der Waals surface area contributed by atoms with Crippen LogP contribution in [0.25, 0.3) is 0 Å². The van der Waals surface area contributed by atoms with Gasteiger partial charge in [0.15, 0.2) is 11.6 Å². The van der Waals surface area contributed by atoms with E-state index in [1.165, 1.54) is 13.3 Å². The van der Waals surface area contributed by atoms with Crippen molar-refractivity contribution < 1.29 is 14.0 Å². The van der Waals surface area contributed by atoms with Crippen LogP contribution in [-0.4, -0.2) is 40.4 Å². The summed E-state index contributed by atoms with van der Waals surface area (Å²) < 4.78 is 15.9. The van der Waals surface area contributed by atoms with Gasteiger partial charge in [0.1, 0.15) is 11.1 Å². The Balaban J connectivity index is 1.68. The van der Waals surface area contributed by atoms with Crippen molar-refractivity contribution in [1.82, 2.24) is 20.1 Å². The van der Waals surface area contributed by atoms with Gasteiger partial charge in [-0.25, -0.2) is 4.98 Å². The van der Waals surface area contributed by atoms with Crippen LogP contribution in [0.1, 0.15) is 24.2 Å². The molecule has 1 aliphatic heterocycles. The third-order valence-corrected chi connectivity index (χ3v) is 3.71. The highest BCUT2D eigenvalue weighted by Crippen LogP contribution is 2.34. The van der Waals surface area contributed by atoms with Gasteiger partial charge in [-0.1, -0.05) is 16.8 Å². The van der Waals surface area contributed by atoms with Gasteiger partial charge in [-0.15, -0.1) is 0 Å². The number of nitrogens with zero attached hydrogens (tertiary/aromatic N) is 4. The third kappa shape index (κ3) is 3.12. The highest BCUT2D eigenvalue weighted by atomic mass is 35.5. The summed E-state index contributed by atoms with van der Waals surface area (Å²) in [5.41, 5.74) is 0. The van der Waals surface area contributed by atoms with Crippen molar-refractivity contribution in [2.24, 2.45) is 5.92 Å². The third-order valence-electron chi connectivity index (χ3n) is 3.44. The topological polar surface area (TPSA) is 95.2 Å². The average Bonchev–Trinajstić information content (AvgIpc) is 3.15. The number of methoxy groups -OCH3 is 1. The van der Waals surface area contributed by atoms with E-state index in [9.17, 15) is 0 Å². The Labute approximate surface area is 132 Å². The second-order valence-corrected chi connectivity index (χ2v) is 5.36. The van der Waals surface area contributed by atoms with Crippen molar-refractivity contribution in [2.75, 3.05) is 25.6 Å². The van der Waals surface area contributed by atoms with Crippen LogP contribution in [0.15, 0.2) is 10.7 Å². The van der Waals surface area contributed by atoms with E-state index in [4.69, 9.17) is 25.6 Å². The lowest BCUT2D eigenvalue weighted by Crippen LogP contribution is -2.19. The van der Waals surface area contributed by atoms with Gasteiger partial charge in [-0.3, -0.25) is 0 Å². The minimum atomic E-state index is -0.212. The summed E-state index contributed by atoms with van der Waals surface area (Å²) in [6.07, 6.45) is 2.18. The number of ether oxygens (including phenoxy) is 2. The molecule has 8 nitrogen and oxygen atoms in total. The van der Waals surface area contributed by atoms with Gasteiger partial charge in [-0.05, 0) is 13.3 Å². The Hall–Kier alpha value is -1.93. The summed E-state index contributed by atoms with van der Waals surface area (Å²) >= 11 is 6.08. The number of aryl methyl sites for hydroxylation is 1. The first kappa shape index (κ1) is 15.0. The van der Waals surface area contributed by atoms with Crippen LogP contribution in [0.4, 0.5) is 5.82 Å². The smallest absolute Gasteiger partial charge is 0.318 e. The Morgan fingerprint density at radius 1 is 1.45 bits per heavy atom. The maximum absolute atomic E-state index is 6.08. The second-order valence-electron chi connectivity index (χ2n) is 4.95. The molecule has 1 aliphatic rings. The van der Waals surface area contributed by atoms with Crippen LogP contribution in [0, 0.1) is 12.8 Å². The summed E-state index contributed by atoms with van der Waals surface area (Å²) in [5.74, 6) is 1.83. The maximum Gasteiger partial charge on any atom is 0.318 e. The molecule has 3 heterocycles. The fourth-order valence-electron chi connectivity index (χ4n) is 2.35. The van der Waals surface area contributed by atoms with Crippen LogP contribution in [-0.2, 0) is 4.74 Å². The van der Waals surface area contributed by atoms with E-state index in [-0.39, 0.29) is 18.0 Å². The molecule has 2 aromatic rings. The lowest BCUT2D eigenvalue weighted by atomic mass is 10.0. The molecule has 0 aliphatic carbocycles. The molecular formula is C13H16ClN5O3. The van der Waals surface area contributed by atoms with E-state index in [1.807, 2.05) is 0 Å². The van der Waals surface area contributed by atoms with Gasteiger partial charge in [0.2, 0.25) is 0 Å². The van der Waals surface area contributed by atoms with Gasteiger partial charge in [0.25, 0.3) is 5.89 Å². The van der Waals surface area contributed by atoms with Crippen molar-refractivity contribution in [1.29, 1.82) is 0 Å². The van der Waals surface area contributed by atoms with E-state index < -0.39 is 0 Å². The number of halogens is 1. The van der Waals surface area contributed by atoms with Crippen molar-refractivity contribution in [3.05, 3.63) is 22.9 Å². The van der Waals surface area contributed by atoms with Crippen molar-refractivity contribution in [3.8, 4) is 6.01 Å². The zero-order valence-corrected chi connectivity index (χ0v) is 13.0. The number of hydrogen-bond donors (Lipinski definition) is 1. The van der Waals surface area contributed by atoms with Crippen molar-refractivity contribution in [2.45, 2.75) is 19.4 Å². The molecule has 0 bridgehead atoms. The SMILES string of the molecule is COc1ncc(Cl)c(NC[C@@H]2CCO[C@@H]2c2nc(C)no2)n1. The summed E-state index contributed by atoms with van der Waals surface area (Å²) in [6.45, 7) is 3.05. The van der Waals surface area contributed by atoms with Crippen LogP contribution < -0.4 is 10.1 Å². The van der Waals surface area contributed by atoms with E-state index >= 15 is 0 Å². The van der Waals surface area contributed by atoms with E-state index in [0.717, 1.165) is 6.42 Å². The number of nitrogens with one attached hydrogen (secondary N) is 1. The van der Waals surface area contributed by atoms with Gasteiger partial charge >= 0.3 is 6.01 Å². The highest BCUT2D eigenvalue weighted by Gasteiger charge is 2.34. The predicted octanol–water partition coefficient (Wildman–Crippen LogP) is 2.02. The summed E-state index contributed by atoms with van der Waals surface area (Å²) in [4.78, 5) is 12.4. The molecule has 9 heteroatoms. The van der Waals surface area contributed by atoms with Gasteiger partial charge in [0, 0.05) is 19.1 Å². The quantitative estimate of drug-likeness (QED) is 0.892. The van der Waals surface area contributed by atoms with Crippen LogP contribution in [0.2, 0.25) is 5.02 Å². The first-order valence-corrected chi connectivity index (χ1v) is 7.27. The van der Waals surface area contributed by atoms with E-state index in [2.05, 4.69) is 25.4 Å². The lowest BCUT2D eigenvalue weighted by molar-refractivity contribution is 0.0650. The average molecular weight is 326 g/mol. The van der Waals surface area contributed by atoms with E-state index in [1.54, 1.807) is 6.92 Å². The van der Waals surface area contributed by atoms with E-state index in [0.29, 0.717) is 35.7 Å². The fraction of sp³-hybridized carbons (Fsp3) is 0.538. The zero-order chi connectivity index (χ0) is 15.5. The highest BCUT2D eigenvalue weighted by molar-refractivity contribution is 6.32. The molecule has 0 aromatic carbocycles. The molecule has 0 amide bonds. The summed E-state index contributed by atoms with van der Waals surface area (Å²) in [5, 5.41) is 7.44. The zero-order valence-electron chi connectivity index (χ0n) is 12.2. The molecule has 2 aromatic heterocycles. The molecule has 3 rings (SSSR count). The van der Waals surface area contributed by atoms with Crippen LogP contribution >= 0.6 is 11.6 Å². The standard InChI is InChI=1S/C13H16ClN5O3/c1-7-17-12(22-19-7)10-8(3-4-21-10)5-15-11-9(14)6-16-13(18-11)20-2/h6,8,10H,3-5H2,1-2H3,(H,15,16,18)/t8-,10-/m0/s1. The fourth-order valence-corrected chi connectivity index (χ4v) is 2.50. The first-order valence-electron chi connectivity index (χ1n) is 6.89. The molecular weight excluding hydrogens is 310 g/mol. The Kier molecular flexibility index (Phi) is 4.39. The van der Waals surface area contributed by atoms with Gasteiger partial charge in [-0.2, -0.15) is 9.97 Å². The minimum absolute atomic E-state index is 0.192. The van der Waals surface area contributed by atoms with Crippen molar-refractivity contribution in [3.63, 3.8) is 0 Å². The molecule has 1 saturated heterocycles. The second kappa shape index (κ2) is 6.45. The Morgan fingerprint density at radius 3 is 3.05 bits per heavy atom. The van der Waals surface area contributed by atoms with Gasteiger partial charge < -0.3 is 19.3 Å². The van der Waals surface area contributed by atoms with Crippen molar-refractivity contribution >= 4 is 17.4 Å². The molecule has 0 radical (unpaired) electrons. The number of anilines is 1. The monoisotopic (exact) mass is 325 g/mol. The molecule has 2 atom stereocenters. The van der Waals surface area contributed by atoms with Gasteiger partial charge in [0.05, 0.1) is 13.3 Å². The molecule has 0 saturated carbocycles. The molecule has 0 spiro atoms. The Bertz CT molecular complexity index is 650. The Morgan fingerprint density at radius 2 is 2.32 bits per heavy atom. The molecule has 0 unspecified atom stereocenters. The maximum atomic E-state index is 6.08. The summed E-state index contributed by atoms with van der Waals surface area (Å²) in [7, 11) is 1.51. The minimum Gasteiger partial charge on any atom is -0.467 e. The molecule has 118 valence electrons. The molecule has 22 heavy (non-hydrogen) atoms. The molecule has 1 fully saturated rings. The summed E-state index contributed by atoms with van der Waals surface area (Å²) in [6, 6.07) is 0.263.